The van der Waals surface area contributed by atoms with Crippen LogP contribution in [0.5, 0.6) is 0 Å². The topological polar surface area (TPSA) is 54.2 Å². The van der Waals surface area contributed by atoms with Gasteiger partial charge in [0.2, 0.25) is 5.82 Å². The van der Waals surface area contributed by atoms with Crippen molar-refractivity contribution < 1.29 is 4.52 Å². The Labute approximate surface area is 206 Å². The second-order valence-corrected chi connectivity index (χ2v) is 9.91. The van der Waals surface area contributed by atoms with E-state index in [1.165, 1.54) is 9.77 Å². The smallest absolute Gasteiger partial charge is 0.258 e. The third kappa shape index (κ3) is 4.46. The molecule has 1 N–H and O–H groups in total. The molecule has 5 nitrogen and oxygen atoms in total. The molecular weight excluding hydrogens is 469 g/mol. The number of thiophene rings is 1. The molecule has 2 aromatic carbocycles. The number of allylic oxidation sites excluding steroid dienone is 1. The maximum Gasteiger partial charge on any atom is 0.258 e. The fraction of sp³-hybridized carbons (Fsp3) is 0.160. The molecule has 0 saturated heterocycles. The van der Waals surface area contributed by atoms with Crippen LogP contribution < -0.4 is 5.32 Å². The SMILES string of the molecule is CSc1ccc(C2NC(=S)N(Cc3cccs3)C(C)=C2c2nc(-c3ccccc3)no2)cc1. The highest BCUT2D eigenvalue weighted by molar-refractivity contribution is 7.98. The first-order chi connectivity index (χ1) is 16.1. The van der Waals surface area contributed by atoms with E-state index in [-0.39, 0.29) is 6.04 Å². The van der Waals surface area contributed by atoms with Crippen molar-refractivity contribution in [2.45, 2.75) is 24.4 Å². The molecule has 8 heteroatoms. The molecule has 2 aromatic heterocycles. The Hall–Kier alpha value is -2.94. The van der Waals surface area contributed by atoms with E-state index < -0.39 is 0 Å². The Kier molecular flexibility index (Phi) is 6.30. The lowest BCUT2D eigenvalue weighted by atomic mass is 9.95. The molecule has 0 aliphatic carbocycles. The highest BCUT2D eigenvalue weighted by Crippen LogP contribution is 2.38. The van der Waals surface area contributed by atoms with Crippen LogP contribution in [0.25, 0.3) is 17.0 Å². The highest BCUT2D eigenvalue weighted by atomic mass is 32.2. The number of nitrogens with one attached hydrogen (secondary N) is 1. The number of hydrogen-bond donors (Lipinski definition) is 1. The van der Waals surface area contributed by atoms with Crippen molar-refractivity contribution in [1.29, 1.82) is 0 Å². The Bertz CT molecular complexity index is 1280. The Morgan fingerprint density at radius 2 is 1.88 bits per heavy atom. The van der Waals surface area contributed by atoms with Gasteiger partial charge >= 0.3 is 0 Å². The summed E-state index contributed by atoms with van der Waals surface area (Å²) in [5.74, 6) is 1.07. The zero-order valence-corrected chi connectivity index (χ0v) is 20.6. The molecule has 1 aliphatic rings. The molecule has 166 valence electrons. The zero-order chi connectivity index (χ0) is 22.8. The quantitative estimate of drug-likeness (QED) is 0.248. The summed E-state index contributed by atoms with van der Waals surface area (Å²) in [4.78, 5) is 9.32. The second kappa shape index (κ2) is 9.51. The van der Waals surface area contributed by atoms with E-state index >= 15 is 0 Å². The van der Waals surface area contributed by atoms with Crippen molar-refractivity contribution in [2.24, 2.45) is 0 Å². The summed E-state index contributed by atoms with van der Waals surface area (Å²) in [5, 5.41) is 10.6. The second-order valence-electron chi connectivity index (χ2n) is 7.61. The minimum atomic E-state index is -0.183. The monoisotopic (exact) mass is 490 g/mol. The van der Waals surface area contributed by atoms with Gasteiger partial charge < -0.3 is 14.7 Å². The van der Waals surface area contributed by atoms with E-state index in [1.54, 1.807) is 23.1 Å². The van der Waals surface area contributed by atoms with Gasteiger partial charge in [-0.05, 0) is 54.5 Å². The Balaban J connectivity index is 1.59. The van der Waals surface area contributed by atoms with Gasteiger partial charge in [-0.1, -0.05) is 53.7 Å². The summed E-state index contributed by atoms with van der Waals surface area (Å²) >= 11 is 9.24. The molecular formula is C25H22N4OS3. The van der Waals surface area contributed by atoms with Crippen LogP contribution in [-0.4, -0.2) is 26.4 Å². The van der Waals surface area contributed by atoms with Crippen LogP contribution in [0.1, 0.15) is 29.3 Å². The van der Waals surface area contributed by atoms with Gasteiger partial charge in [-0.15, -0.1) is 23.1 Å². The average molecular weight is 491 g/mol. The van der Waals surface area contributed by atoms with Crippen LogP contribution >= 0.6 is 35.3 Å². The van der Waals surface area contributed by atoms with Crippen LogP contribution in [0.15, 0.2) is 87.2 Å². The van der Waals surface area contributed by atoms with Crippen molar-refractivity contribution in [3.63, 3.8) is 0 Å². The largest absolute Gasteiger partial charge is 0.351 e. The van der Waals surface area contributed by atoms with E-state index in [0.717, 1.165) is 22.4 Å². The number of benzene rings is 2. The number of thioether (sulfide) groups is 1. The van der Waals surface area contributed by atoms with Gasteiger partial charge in [-0.2, -0.15) is 4.98 Å². The standard InChI is InChI=1S/C25H22N4OS3/c1-16-21(24-27-23(28-30-24)18-7-4-3-5-8-18)22(17-10-12-19(32-2)13-11-17)26-25(31)29(16)15-20-9-6-14-33-20/h3-14,22H,15H2,1-2H3,(H,26,31). The van der Waals surface area contributed by atoms with E-state index in [4.69, 9.17) is 21.7 Å². The summed E-state index contributed by atoms with van der Waals surface area (Å²) in [7, 11) is 0. The van der Waals surface area contributed by atoms with Crippen LogP contribution in [0.4, 0.5) is 0 Å². The van der Waals surface area contributed by atoms with Crippen molar-refractivity contribution in [3.8, 4) is 11.4 Å². The van der Waals surface area contributed by atoms with Crippen LogP contribution in [0.2, 0.25) is 0 Å². The zero-order valence-electron chi connectivity index (χ0n) is 18.2. The van der Waals surface area contributed by atoms with Gasteiger partial charge in [0.25, 0.3) is 5.89 Å². The molecule has 1 atom stereocenters. The predicted octanol–water partition coefficient (Wildman–Crippen LogP) is 6.38. The molecule has 1 aliphatic heterocycles. The number of aromatic nitrogens is 2. The lowest BCUT2D eigenvalue weighted by Gasteiger charge is -2.37. The third-order valence-corrected chi connectivity index (χ3v) is 7.57. The van der Waals surface area contributed by atoms with Gasteiger partial charge in [0.05, 0.1) is 18.2 Å². The number of rotatable bonds is 6. The first-order valence-corrected chi connectivity index (χ1v) is 13.0. The Morgan fingerprint density at radius 3 is 2.58 bits per heavy atom. The molecule has 0 radical (unpaired) electrons. The highest BCUT2D eigenvalue weighted by Gasteiger charge is 2.34. The summed E-state index contributed by atoms with van der Waals surface area (Å²) in [5.41, 5.74) is 3.96. The minimum absolute atomic E-state index is 0.183. The molecule has 0 fully saturated rings. The molecule has 4 aromatic rings. The van der Waals surface area contributed by atoms with Gasteiger partial charge in [0.1, 0.15) is 0 Å². The van der Waals surface area contributed by atoms with Gasteiger partial charge in [-0.25, -0.2) is 0 Å². The number of thiocarbonyl (C=S) groups is 1. The molecule has 5 rings (SSSR count). The number of nitrogens with zero attached hydrogens (tertiary/aromatic N) is 3. The first kappa shape index (κ1) is 21.9. The molecule has 0 bridgehead atoms. The molecule has 0 saturated carbocycles. The normalized spacial score (nSPS) is 16.2. The molecule has 3 heterocycles. The van der Waals surface area contributed by atoms with E-state index in [2.05, 4.69) is 70.3 Å². The summed E-state index contributed by atoms with van der Waals surface area (Å²) in [6.45, 7) is 2.77. The molecule has 0 amide bonds. The van der Waals surface area contributed by atoms with Crippen LogP contribution in [-0.2, 0) is 6.54 Å². The van der Waals surface area contributed by atoms with Gasteiger partial charge in [0.15, 0.2) is 5.11 Å². The maximum absolute atomic E-state index is 5.81. The van der Waals surface area contributed by atoms with Crippen LogP contribution in [0.3, 0.4) is 0 Å². The fourth-order valence-electron chi connectivity index (χ4n) is 3.89. The first-order valence-electron chi connectivity index (χ1n) is 10.5. The van der Waals surface area contributed by atoms with Crippen molar-refractivity contribution in [2.75, 3.05) is 6.26 Å². The van der Waals surface area contributed by atoms with E-state index in [1.807, 2.05) is 30.3 Å². The van der Waals surface area contributed by atoms with Crippen LogP contribution in [0, 0.1) is 0 Å². The fourth-order valence-corrected chi connectivity index (χ4v) is 5.31. The Morgan fingerprint density at radius 1 is 1.09 bits per heavy atom. The van der Waals surface area contributed by atoms with E-state index in [9.17, 15) is 0 Å². The summed E-state index contributed by atoms with van der Waals surface area (Å²) < 4.78 is 5.81. The van der Waals surface area contributed by atoms with Gasteiger partial charge in [-0.3, -0.25) is 0 Å². The summed E-state index contributed by atoms with van der Waals surface area (Å²) in [6, 6.07) is 22.4. The number of hydrogen-bond acceptors (Lipinski definition) is 6. The van der Waals surface area contributed by atoms with Crippen molar-refractivity contribution in [3.05, 3.63) is 94.1 Å². The maximum atomic E-state index is 5.81. The van der Waals surface area contributed by atoms with E-state index in [0.29, 0.717) is 23.4 Å². The van der Waals surface area contributed by atoms with Gasteiger partial charge in [0, 0.05) is 21.0 Å². The minimum Gasteiger partial charge on any atom is -0.351 e. The molecule has 0 spiro atoms. The third-order valence-electron chi connectivity index (χ3n) is 5.63. The average Bonchev–Trinajstić information content (AvgIpc) is 3.54. The lowest BCUT2D eigenvalue weighted by Crippen LogP contribution is -2.45. The van der Waals surface area contributed by atoms with Crippen molar-refractivity contribution in [1.82, 2.24) is 20.4 Å². The van der Waals surface area contributed by atoms with Crippen molar-refractivity contribution >= 4 is 46.0 Å². The predicted molar refractivity (Wildman–Crippen MR) is 139 cm³/mol. The lowest BCUT2D eigenvalue weighted by molar-refractivity contribution is 0.396. The molecule has 1 unspecified atom stereocenters. The molecule has 33 heavy (non-hydrogen) atoms. The summed E-state index contributed by atoms with van der Waals surface area (Å²) in [6.07, 6.45) is 2.07.